The van der Waals surface area contributed by atoms with Gasteiger partial charge in [0.2, 0.25) is 0 Å². The first-order valence-electron chi connectivity index (χ1n) is 6.83. The van der Waals surface area contributed by atoms with Crippen LogP contribution in [-0.4, -0.2) is 38.0 Å². The minimum absolute atomic E-state index is 0.339. The molecule has 1 aliphatic rings. The summed E-state index contributed by atoms with van der Waals surface area (Å²) in [6.45, 7) is 4.42. The second-order valence-corrected chi connectivity index (χ2v) is 4.76. The van der Waals surface area contributed by atoms with Crippen LogP contribution in [0.25, 0.3) is 0 Å². The lowest BCUT2D eigenvalue weighted by Crippen LogP contribution is -2.18. The van der Waals surface area contributed by atoms with Crippen LogP contribution in [0.5, 0.6) is 0 Å². The first-order valence-corrected chi connectivity index (χ1v) is 6.83. The molecule has 0 atom stereocenters. The van der Waals surface area contributed by atoms with Gasteiger partial charge in [-0.2, -0.15) is 0 Å². The molecule has 2 N–H and O–H groups in total. The number of aliphatic hydroxyl groups excluding tert-OH is 1. The summed E-state index contributed by atoms with van der Waals surface area (Å²) in [7, 11) is 0. The van der Waals surface area contributed by atoms with Gasteiger partial charge in [0, 0.05) is 19.8 Å². The fourth-order valence-electron chi connectivity index (χ4n) is 1.67. The molecule has 1 rings (SSSR count). The van der Waals surface area contributed by atoms with Crippen LogP contribution in [0.1, 0.15) is 44.9 Å². The largest absolute Gasteiger partial charge is 0.396 e. The molecule has 96 valence electrons. The zero-order valence-corrected chi connectivity index (χ0v) is 10.4. The van der Waals surface area contributed by atoms with Gasteiger partial charge in [-0.25, -0.2) is 0 Å². The van der Waals surface area contributed by atoms with Gasteiger partial charge >= 0.3 is 0 Å². The molecule has 0 aromatic carbocycles. The minimum atomic E-state index is 0.339. The Balaban J connectivity index is 1.61. The molecule has 0 aromatic rings. The van der Waals surface area contributed by atoms with Gasteiger partial charge in [0.05, 0.1) is 0 Å². The van der Waals surface area contributed by atoms with E-state index in [0.29, 0.717) is 6.61 Å². The SMILES string of the molecule is OCCCCCCNCCCOCC1CC1. The molecular weight excluding hydrogens is 202 g/mol. The first-order chi connectivity index (χ1) is 7.93. The molecule has 1 fully saturated rings. The highest BCUT2D eigenvalue weighted by Gasteiger charge is 2.20. The topological polar surface area (TPSA) is 41.5 Å². The summed E-state index contributed by atoms with van der Waals surface area (Å²) in [5.41, 5.74) is 0. The maximum absolute atomic E-state index is 8.60. The van der Waals surface area contributed by atoms with Gasteiger partial charge in [0.1, 0.15) is 0 Å². The summed E-state index contributed by atoms with van der Waals surface area (Å²) < 4.78 is 5.55. The molecule has 0 unspecified atom stereocenters. The molecular formula is C13H27NO2. The summed E-state index contributed by atoms with van der Waals surface area (Å²) in [5.74, 6) is 0.888. The third kappa shape index (κ3) is 9.13. The summed E-state index contributed by atoms with van der Waals surface area (Å²) in [4.78, 5) is 0. The van der Waals surface area contributed by atoms with E-state index in [0.717, 1.165) is 51.5 Å². The predicted molar refractivity (Wildman–Crippen MR) is 66.6 cm³/mol. The first kappa shape index (κ1) is 13.9. The quantitative estimate of drug-likeness (QED) is 0.503. The van der Waals surface area contributed by atoms with Gasteiger partial charge in [0.15, 0.2) is 0 Å². The lowest BCUT2D eigenvalue weighted by atomic mass is 10.2. The monoisotopic (exact) mass is 229 g/mol. The Kier molecular flexibility index (Phi) is 8.77. The van der Waals surface area contributed by atoms with Gasteiger partial charge in [-0.15, -0.1) is 0 Å². The van der Waals surface area contributed by atoms with Gasteiger partial charge in [-0.05, 0) is 51.1 Å². The maximum Gasteiger partial charge on any atom is 0.0494 e. The molecule has 0 spiro atoms. The summed E-state index contributed by atoms with van der Waals surface area (Å²) in [6, 6.07) is 0. The zero-order valence-electron chi connectivity index (χ0n) is 10.4. The third-order valence-electron chi connectivity index (χ3n) is 2.95. The smallest absolute Gasteiger partial charge is 0.0494 e. The van der Waals surface area contributed by atoms with Crippen molar-refractivity contribution < 1.29 is 9.84 Å². The van der Waals surface area contributed by atoms with E-state index in [1.165, 1.54) is 25.7 Å². The Bertz CT molecular complexity index is 149. The second-order valence-electron chi connectivity index (χ2n) is 4.76. The number of aliphatic hydroxyl groups is 1. The lowest BCUT2D eigenvalue weighted by molar-refractivity contribution is 0.122. The Labute approximate surface area is 99.6 Å². The standard InChI is InChI=1S/C13H27NO2/c15-10-4-2-1-3-8-14-9-5-11-16-12-13-6-7-13/h13-15H,1-12H2. The number of rotatable bonds is 12. The van der Waals surface area contributed by atoms with E-state index in [-0.39, 0.29) is 0 Å². The van der Waals surface area contributed by atoms with E-state index in [1.807, 2.05) is 0 Å². The van der Waals surface area contributed by atoms with Gasteiger partial charge in [-0.1, -0.05) is 12.8 Å². The molecule has 16 heavy (non-hydrogen) atoms. The van der Waals surface area contributed by atoms with Gasteiger partial charge in [-0.3, -0.25) is 0 Å². The molecule has 0 bridgehead atoms. The molecule has 0 saturated heterocycles. The Morgan fingerprint density at radius 2 is 1.75 bits per heavy atom. The van der Waals surface area contributed by atoms with Crippen molar-refractivity contribution in [2.75, 3.05) is 32.9 Å². The fourth-order valence-corrected chi connectivity index (χ4v) is 1.67. The van der Waals surface area contributed by atoms with Crippen LogP contribution in [0.3, 0.4) is 0 Å². The highest BCUT2D eigenvalue weighted by Crippen LogP contribution is 2.28. The molecule has 1 aliphatic carbocycles. The van der Waals surface area contributed by atoms with Crippen molar-refractivity contribution in [2.24, 2.45) is 5.92 Å². The number of nitrogens with one attached hydrogen (secondary N) is 1. The second kappa shape index (κ2) is 10.1. The lowest BCUT2D eigenvalue weighted by Gasteiger charge is -2.05. The minimum Gasteiger partial charge on any atom is -0.396 e. The normalized spacial score (nSPS) is 15.6. The van der Waals surface area contributed by atoms with E-state index in [9.17, 15) is 0 Å². The van der Waals surface area contributed by atoms with Crippen molar-refractivity contribution in [3.63, 3.8) is 0 Å². The summed E-state index contributed by atoms with van der Waals surface area (Å²) in [6.07, 6.45) is 8.45. The van der Waals surface area contributed by atoms with Crippen molar-refractivity contribution in [1.29, 1.82) is 0 Å². The Morgan fingerprint density at radius 3 is 2.50 bits per heavy atom. The third-order valence-corrected chi connectivity index (χ3v) is 2.95. The van der Waals surface area contributed by atoms with Crippen LogP contribution in [0.15, 0.2) is 0 Å². The highest BCUT2D eigenvalue weighted by atomic mass is 16.5. The molecule has 0 aromatic heterocycles. The number of hydrogen-bond donors (Lipinski definition) is 2. The average Bonchev–Trinajstić information content (AvgIpc) is 3.10. The molecule has 0 radical (unpaired) electrons. The van der Waals surface area contributed by atoms with Crippen molar-refractivity contribution in [2.45, 2.75) is 44.9 Å². The number of unbranched alkanes of at least 4 members (excludes halogenated alkanes) is 3. The molecule has 0 aliphatic heterocycles. The molecule has 1 saturated carbocycles. The van der Waals surface area contributed by atoms with Crippen LogP contribution in [0.4, 0.5) is 0 Å². The number of ether oxygens (including phenoxy) is 1. The van der Waals surface area contributed by atoms with Crippen LogP contribution in [0, 0.1) is 5.92 Å². The van der Waals surface area contributed by atoms with Gasteiger partial charge in [0.25, 0.3) is 0 Å². The average molecular weight is 229 g/mol. The molecule has 0 amide bonds. The van der Waals surface area contributed by atoms with E-state index >= 15 is 0 Å². The van der Waals surface area contributed by atoms with Crippen LogP contribution in [0.2, 0.25) is 0 Å². The van der Waals surface area contributed by atoms with E-state index in [4.69, 9.17) is 9.84 Å². The predicted octanol–water partition coefficient (Wildman–Crippen LogP) is 1.95. The van der Waals surface area contributed by atoms with Crippen LogP contribution >= 0.6 is 0 Å². The van der Waals surface area contributed by atoms with Gasteiger partial charge < -0.3 is 15.2 Å². The molecule has 3 heteroatoms. The van der Waals surface area contributed by atoms with Crippen molar-refractivity contribution >= 4 is 0 Å². The highest BCUT2D eigenvalue weighted by molar-refractivity contribution is 4.71. The van der Waals surface area contributed by atoms with Crippen molar-refractivity contribution in [1.82, 2.24) is 5.32 Å². The van der Waals surface area contributed by atoms with Crippen LogP contribution in [-0.2, 0) is 4.74 Å². The Hall–Kier alpha value is -0.120. The van der Waals surface area contributed by atoms with E-state index in [2.05, 4.69) is 5.32 Å². The summed E-state index contributed by atoms with van der Waals surface area (Å²) >= 11 is 0. The van der Waals surface area contributed by atoms with E-state index < -0.39 is 0 Å². The summed E-state index contributed by atoms with van der Waals surface area (Å²) in [5, 5.41) is 12.0. The maximum atomic E-state index is 8.60. The zero-order chi connectivity index (χ0) is 11.5. The molecule has 3 nitrogen and oxygen atoms in total. The van der Waals surface area contributed by atoms with E-state index in [1.54, 1.807) is 0 Å². The molecule has 0 heterocycles. The fraction of sp³-hybridized carbons (Fsp3) is 1.00. The van der Waals surface area contributed by atoms with Crippen molar-refractivity contribution in [3.8, 4) is 0 Å². The van der Waals surface area contributed by atoms with Crippen molar-refractivity contribution in [3.05, 3.63) is 0 Å². The number of hydrogen-bond acceptors (Lipinski definition) is 3. The Morgan fingerprint density at radius 1 is 1.00 bits per heavy atom. The van der Waals surface area contributed by atoms with Crippen LogP contribution < -0.4 is 5.32 Å².